The first kappa shape index (κ1) is 14.2. The maximum atomic E-state index is 12.5. The molecule has 1 saturated heterocycles. The molecule has 1 fully saturated rings. The van der Waals surface area contributed by atoms with E-state index in [1.807, 2.05) is 22.9 Å². The molecule has 2 atom stereocenters. The monoisotopic (exact) mass is 321 g/mol. The van der Waals surface area contributed by atoms with Gasteiger partial charge in [0.15, 0.2) is 5.13 Å². The summed E-state index contributed by atoms with van der Waals surface area (Å²) in [4.78, 5) is 31.3. The molecule has 0 aromatic carbocycles. The van der Waals surface area contributed by atoms with E-state index in [1.54, 1.807) is 29.5 Å². The molecule has 3 heterocycles. The number of carbonyl (C=O) groups is 2. The third-order valence-corrected chi connectivity index (χ3v) is 5.33. The van der Waals surface area contributed by atoms with Gasteiger partial charge in [-0.2, -0.15) is 0 Å². The zero-order valence-corrected chi connectivity index (χ0v) is 13.1. The summed E-state index contributed by atoms with van der Waals surface area (Å²) < 4.78 is 0. The quantitative estimate of drug-likeness (QED) is 0.945. The van der Waals surface area contributed by atoms with Crippen LogP contribution in [0.2, 0.25) is 0 Å². The minimum Gasteiger partial charge on any atom is -0.337 e. The Balaban J connectivity index is 1.84. The lowest BCUT2D eigenvalue weighted by Gasteiger charge is -2.37. The minimum absolute atomic E-state index is 0.0669. The van der Waals surface area contributed by atoms with E-state index in [4.69, 9.17) is 0 Å². The highest BCUT2D eigenvalue weighted by atomic mass is 32.1. The van der Waals surface area contributed by atoms with E-state index < -0.39 is 0 Å². The Kier molecular flexibility index (Phi) is 4.03. The van der Waals surface area contributed by atoms with Crippen molar-refractivity contribution in [3.05, 3.63) is 34.0 Å². The molecule has 0 saturated carbocycles. The number of likely N-dealkylation sites (tertiary alicyclic amines) is 1. The van der Waals surface area contributed by atoms with Gasteiger partial charge in [-0.3, -0.25) is 9.59 Å². The van der Waals surface area contributed by atoms with Crippen LogP contribution in [0.25, 0.3) is 0 Å². The van der Waals surface area contributed by atoms with Crippen LogP contribution in [0, 0.1) is 5.92 Å². The van der Waals surface area contributed by atoms with Crippen LogP contribution in [0.4, 0.5) is 5.13 Å². The highest BCUT2D eigenvalue weighted by Gasteiger charge is 2.39. The molecule has 2 amide bonds. The number of amides is 2. The number of aromatic nitrogens is 1. The van der Waals surface area contributed by atoms with Gasteiger partial charge in [0.1, 0.15) is 0 Å². The van der Waals surface area contributed by atoms with Crippen LogP contribution in [0.5, 0.6) is 0 Å². The van der Waals surface area contributed by atoms with Gasteiger partial charge >= 0.3 is 0 Å². The smallest absolute Gasteiger partial charge is 0.231 e. The Morgan fingerprint density at radius 1 is 1.43 bits per heavy atom. The van der Waals surface area contributed by atoms with Gasteiger partial charge < -0.3 is 10.2 Å². The SMILES string of the molecule is CN1C(=O)CCC(C(=O)Nc2nccs2)C1c1cccs1. The number of thiazole rings is 1. The Labute approximate surface area is 130 Å². The van der Waals surface area contributed by atoms with Crippen molar-refractivity contribution in [3.63, 3.8) is 0 Å². The molecule has 110 valence electrons. The van der Waals surface area contributed by atoms with Gasteiger partial charge in [-0.25, -0.2) is 4.98 Å². The summed E-state index contributed by atoms with van der Waals surface area (Å²) >= 11 is 2.97. The summed E-state index contributed by atoms with van der Waals surface area (Å²) in [6, 6.07) is 3.74. The summed E-state index contributed by atoms with van der Waals surface area (Å²) in [6.45, 7) is 0. The predicted molar refractivity (Wildman–Crippen MR) is 83.3 cm³/mol. The molecule has 2 unspecified atom stereocenters. The zero-order chi connectivity index (χ0) is 14.8. The number of hydrogen-bond acceptors (Lipinski definition) is 5. The van der Waals surface area contributed by atoms with Crippen molar-refractivity contribution < 1.29 is 9.59 Å². The number of anilines is 1. The van der Waals surface area contributed by atoms with Crippen LogP contribution < -0.4 is 5.32 Å². The van der Waals surface area contributed by atoms with Crippen molar-refractivity contribution >= 4 is 39.6 Å². The Morgan fingerprint density at radius 3 is 2.95 bits per heavy atom. The molecule has 0 aliphatic carbocycles. The van der Waals surface area contributed by atoms with E-state index in [9.17, 15) is 9.59 Å². The number of carbonyl (C=O) groups excluding carboxylic acids is 2. The molecular weight excluding hydrogens is 306 g/mol. The maximum absolute atomic E-state index is 12.5. The van der Waals surface area contributed by atoms with Crippen molar-refractivity contribution in [3.8, 4) is 0 Å². The molecule has 3 rings (SSSR count). The van der Waals surface area contributed by atoms with Gasteiger partial charge in [0, 0.05) is 29.9 Å². The molecule has 0 radical (unpaired) electrons. The second-order valence-electron chi connectivity index (χ2n) is 4.94. The predicted octanol–water partition coefficient (Wildman–Crippen LogP) is 2.75. The van der Waals surface area contributed by atoms with Crippen LogP contribution in [-0.2, 0) is 9.59 Å². The third kappa shape index (κ3) is 2.84. The number of nitrogens with one attached hydrogen (secondary N) is 1. The standard InChI is InChI=1S/C14H15N3O2S2/c1-17-11(18)5-4-9(12(17)10-3-2-7-20-10)13(19)16-14-15-6-8-21-14/h2-3,6-9,12H,4-5H2,1H3,(H,15,16,19). The second kappa shape index (κ2) is 5.95. The average molecular weight is 321 g/mol. The molecular formula is C14H15N3O2S2. The van der Waals surface area contributed by atoms with Gasteiger partial charge in [0.25, 0.3) is 0 Å². The molecule has 0 spiro atoms. The number of thiophene rings is 1. The van der Waals surface area contributed by atoms with Crippen LogP contribution in [0.1, 0.15) is 23.8 Å². The van der Waals surface area contributed by atoms with E-state index in [-0.39, 0.29) is 23.8 Å². The normalized spacial score (nSPS) is 22.3. The van der Waals surface area contributed by atoms with Crippen molar-refractivity contribution in [1.29, 1.82) is 0 Å². The first-order chi connectivity index (χ1) is 10.2. The Bertz CT molecular complexity index is 625. The van der Waals surface area contributed by atoms with Gasteiger partial charge in [-0.15, -0.1) is 22.7 Å². The molecule has 7 heteroatoms. The Hall–Kier alpha value is -1.73. The number of piperidine rings is 1. The number of rotatable bonds is 3. The van der Waals surface area contributed by atoms with Crippen LogP contribution >= 0.6 is 22.7 Å². The summed E-state index contributed by atoms with van der Waals surface area (Å²) in [5.74, 6) is -0.218. The lowest BCUT2D eigenvalue weighted by molar-refractivity contribution is -0.140. The minimum atomic E-state index is -0.241. The number of hydrogen-bond donors (Lipinski definition) is 1. The molecule has 0 bridgehead atoms. The van der Waals surface area contributed by atoms with Crippen LogP contribution in [0.15, 0.2) is 29.1 Å². The van der Waals surface area contributed by atoms with Gasteiger partial charge in [-0.05, 0) is 17.9 Å². The van der Waals surface area contributed by atoms with Crippen molar-refractivity contribution in [2.24, 2.45) is 5.92 Å². The van der Waals surface area contributed by atoms with Gasteiger partial charge in [0.05, 0.1) is 12.0 Å². The van der Waals surface area contributed by atoms with E-state index >= 15 is 0 Å². The first-order valence-electron chi connectivity index (χ1n) is 6.66. The van der Waals surface area contributed by atoms with Crippen molar-refractivity contribution in [1.82, 2.24) is 9.88 Å². The summed E-state index contributed by atoms with van der Waals surface area (Å²) in [6.07, 6.45) is 2.64. The maximum Gasteiger partial charge on any atom is 0.231 e. The van der Waals surface area contributed by atoms with Crippen LogP contribution in [-0.4, -0.2) is 28.7 Å². The van der Waals surface area contributed by atoms with Crippen LogP contribution in [0.3, 0.4) is 0 Å². The fourth-order valence-corrected chi connectivity index (χ4v) is 4.11. The van der Waals surface area contributed by atoms with E-state index in [2.05, 4.69) is 10.3 Å². The summed E-state index contributed by atoms with van der Waals surface area (Å²) in [5, 5.41) is 7.25. The van der Waals surface area contributed by atoms with E-state index in [0.29, 0.717) is 18.0 Å². The largest absolute Gasteiger partial charge is 0.337 e. The fraction of sp³-hybridized carbons (Fsp3) is 0.357. The lowest BCUT2D eigenvalue weighted by atomic mass is 9.87. The molecule has 21 heavy (non-hydrogen) atoms. The topological polar surface area (TPSA) is 62.3 Å². The highest BCUT2D eigenvalue weighted by Crippen LogP contribution is 2.38. The highest BCUT2D eigenvalue weighted by molar-refractivity contribution is 7.13. The fourth-order valence-electron chi connectivity index (χ4n) is 2.64. The van der Waals surface area contributed by atoms with Crippen molar-refractivity contribution in [2.45, 2.75) is 18.9 Å². The zero-order valence-electron chi connectivity index (χ0n) is 11.5. The average Bonchev–Trinajstić information content (AvgIpc) is 3.14. The lowest BCUT2D eigenvalue weighted by Crippen LogP contribution is -2.44. The summed E-state index contributed by atoms with van der Waals surface area (Å²) in [7, 11) is 1.77. The molecule has 1 N–H and O–H groups in total. The number of nitrogens with zero attached hydrogens (tertiary/aromatic N) is 2. The van der Waals surface area contributed by atoms with Gasteiger partial charge in [-0.1, -0.05) is 6.07 Å². The third-order valence-electron chi connectivity index (χ3n) is 3.69. The molecule has 2 aromatic heterocycles. The van der Waals surface area contributed by atoms with E-state index in [1.165, 1.54) is 11.3 Å². The molecule has 1 aliphatic heterocycles. The second-order valence-corrected chi connectivity index (χ2v) is 6.81. The van der Waals surface area contributed by atoms with Crippen molar-refractivity contribution in [2.75, 3.05) is 12.4 Å². The molecule has 5 nitrogen and oxygen atoms in total. The molecule has 2 aromatic rings. The molecule has 1 aliphatic rings. The van der Waals surface area contributed by atoms with E-state index in [0.717, 1.165) is 4.88 Å². The Morgan fingerprint density at radius 2 is 2.29 bits per heavy atom. The first-order valence-corrected chi connectivity index (χ1v) is 8.42. The van der Waals surface area contributed by atoms with Gasteiger partial charge in [0.2, 0.25) is 11.8 Å². The summed E-state index contributed by atoms with van der Waals surface area (Å²) in [5.41, 5.74) is 0.